The molecular formula is C20H11ClF8N2O2. The molecule has 0 saturated heterocycles. The van der Waals surface area contributed by atoms with Crippen molar-refractivity contribution < 1.29 is 44.7 Å². The minimum absolute atomic E-state index is 0.00469. The van der Waals surface area contributed by atoms with E-state index in [9.17, 15) is 44.7 Å². The summed E-state index contributed by atoms with van der Waals surface area (Å²) in [5.74, 6) is -23.5. The van der Waals surface area contributed by atoms with E-state index in [2.05, 4.69) is 4.98 Å². The average Bonchev–Trinajstić information content (AvgIpc) is 3.10. The molecule has 0 atom stereocenters. The van der Waals surface area contributed by atoms with E-state index in [1.165, 1.54) is 41.7 Å². The van der Waals surface area contributed by atoms with Crippen LogP contribution in [0.1, 0.15) is 16.1 Å². The molecule has 176 valence electrons. The number of benzene rings is 2. The number of halogens is 9. The van der Waals surface area contributed by atoms with E-state index in [4.69, 9.17) is 11.6 Å². The van der Waals surface area contributed by atoms with E-state index >= 15 is 0 Å². The van der Waals surface area contributed by atoms with E-state index in [-0.39, 0.29) is 21.5 Å². The summed E-state index contributed by atoms with van der Waals surface area (Å²) in [5, 5.41) is 1.26. The molecule has 0 aliphatic rings. The Bertz CT molecular complexity index is 1210. The van der Waals surface area contributed by atoms with Crippen molar-refractivity contribution in [1.82, 2.24) is 4.98 Å². The fraction of sp³-hybridized carbons (Fsp3) is 0.200. The second-order valence-corrected chi connectivity index (χ2v) is 7.22. The Balaban J connectivity index is 2.10. The number of aromatic nitrogens is 1. The average molecular weight is 499 g/mol. The van der Waals surface area contributed by atoms with Gasteiger partial charge in [-0.3, -0.25) is 9.59 Å². The molecule has 2 N–H and O–H groups in total. The van der Waals surface area contributed by atoms with Crippen molar-refractivity contribution >= 4 is 39.9 Å². The molecule has 33 heavy (non-hydrogen) atoms. The predicted molar refractivity (Wildman–Crippen MR) is 103 cm³/mol. The highest BCUT2D eigenvalue weighted by Crippen LogP contribution is 2.49. The Morgan fingerprint density at radius 2 is 1.55 bits per heavy atom. The number of amides is 1. The third kappa shape index (κ3) is 4.03. The summed E-state index contributed by atoms with van der Waals surface area (Å²) in [4.78, 5) is 27.3. The van der Waals surface area contributed by atoms with Gasteiger partial charge in [0, 0.05) is 21.5 Å². The van der Waals surface area contributed by atoms with Crippen molar-refractivity contribution in [3.63, 3.8) is 0 Å². The van der Waals surface area contributed by atoms with Crippen LogP contribution in [0.25, 0.3) is 10.9 Å². The number of fused-ring (bicyclic) bond motifs is 1. The minimum Gasteiger partial charge on any atom is -0.350 e. The zero-order valence-electron chi connectivity index (χ0n) is 15.9. The standard InChI is InChI=1S/C20H11ClF8N2O2/c21-10-6-7-11-12(8-10)30-14(15(32)9-4-2-1-3-5-9)13(11)31-17(33)19(26,27)20(28,29)18(24,25)16(22)23/h1-8,16,30H,(H,31,33). The maximum absolute atomic E-state index is 14.1. The molecule has 2 aromatic carbocycles. The van der Waals surface area contributed by atoms with Crippen molar-refractivity contribution in [2.24, 2.45) is 0 Å². The number of ketones is 1. The Morgan fingerprint density at radius 3 is 2.12 bits per heavy atom. The molecule has 13 heteroatoms. The van der Waals surface area contributed by atoms with Crippen molar-refractivity contribution in [2.45, 2.75) is 24.2 Å². The summed E-state index contributed by atoms with van der Waals surface area (Å²) in [6.45, 7) is 0. The van der Waals surface area contributed by atoms with Crippen molar-refractivity contribution in [3.8, 4) is 0 Å². The Hall–Kier alpha value is -3.15. The summed E-state index contributed by atoms with van der Waals surface area (Å²) < 4.78 is 106. The smallest absolute Gasteiger partial charge is 0.350 e. The van der Waals surface area contributed by atoms with Gasteiger partial charge in [0.1, 0.15) is 5.69 Å². The minimum atomic E-state index is -6.75. The third-order valence-electron chi connectivity index (χ3n) is 4.63. The molecule has 0 bridgehead atoms. The highest BCUT2D eigenvalue weighted by molar-refractivity contribution is 6.31. The van der Waals surface area contributed by atoms with Crippen LogP contribution in [0.3, 0.4) is 0 Å². The molecule has 0 radical (unpaired) electrons. The van der Waals surface area contributed by atoms with Gasteiger partial charge >= 0.3 is 30.1 Å². The van der Waals surface area contributed by atoms with Gasteiger partial charge in [0.25, 0.3) is 0 Å². The Morgan fingerprint density at radius 1 is 0.939 bits per heavy atom. The fourth-order valence-electron chi connectivity index (χ4n) is 2.88. The van der Waals surface area contributed by atoms with Gasteiger partial charge in [-0.2, -0.15) is 26.3 Å². The molecule has 1 aromatic heterocycles. The van der Waals surface area contributed by atoms with Gasteiger partial charge in [0.2, 0.25) is 5.78 Å². The van der Waals surface area contributed by atoms with Gasteiger partial charge < -0.3 is 10.3 Å². The number of aromatic amines is 1. The van der Waals surface area contributed by atoms with Crippen LogP contribution >= 0.6 is 11.6 Å². The molecule has 0 fully saturated rings. The summed E-state index contributed by atoms with van der Waals surface area (Å²) in [5.41, 5.74) is -1.32. The number of hydrogen-bond acceptors (Lipinski definition) is 2. The maximum Gasteiger partial charge on any atom is 0.393 e. The van der Waals surface area contributed by atoms with Crippen molar-refractivity contribution in [1.29, 1.82) is 0 Å². The van der Waals surface area contributed by atoms with Crippen LogP contribution < -0.4 is 5.32 Å². The highest BCUT2D eigenvalue weighted by atomic mass is 35.5. The van der Waals surface area contributed by atoms with Gasteiger partial charge in [0.15, 0.2) is 0 Å². The Kier molecular flexibility index (Phi) is 6.18. The zero-order chi connectivity index (χ0) is 24.8. The number of nitrogens with one attached hydrogen (secondary N) is 2. The second kappa shape index (κ2) is 8.32. The summed E-state index contributed by atoms with van der Waals surface area (Å²) in [6, 6.07) is 10.6. The number of alkyl halides is 8. The van der Waals surface area contributed by atoms with Crippen LogP contribution in [0.15, 0.2) is 48.5 Å². The summed E-state index contributed by atoms with van der Waals surface area (Å²) >= 11 is 5.83. The van der Waals surface area contributed by atoms with E-state index in [1.807, 2.05) is 0 Å². The SMILES string of the molecule is O=C(c1ccccc1)c1[nH]c2cc(Cl)ccc2c1NC(=O)C(F)(F)C(F)(F)C(F)(F)C(F)F. The fourth-order valence-corrected chi connectivity index (χ4v) is 3.06. The lowest BCUT2D eigenvalue weighted by Crippen LogP contribution is -2.61. The molecule has 3 aromatic rings. The van der Waals surface area contributed by atoms with Gasteiger partial charge in [0.05, 0.1) is 5.69 Å². The first kappa shape index (κ1) is 24.5. The predicted octanol–water partition coefficient (Wildman–Crippen LogP) is 6.16. The molecule has 4 nitrogen and oxygen atoms in total. The zero-order valence-corrected chi connectivity index (χ0v) is 16.7. The number of carbonyl (C=O) groups excluding carboxylic acids is 2. The van der Waals surface area contributed by atoms with Crippen LogP contribution in [-0.2, 0) is 4.79 Å². The van der Waals surface area contributed by atoms with Crippen molar-refractivity contribution in [2.75, 3.05) is 5.32 Å². The van der Waals surface area contributed by atoms with Gasteiger partial charge in [-0.1, -0.05) is 41.9 Å². The molecule has 0 saturated carbocycles. The largest absolute Gasteiger partial charge is 0.393 e. The van der Waals surface area contributed by atoms with Gasteiger partial charge in [-0.25, -0.2) is 8.78 Å². The number of rotatable bonds is 7. The molecule has 0 aliphatic carbocycles. The third-order valence-corrected chi connectivity index (χ3v) is 4.87. The first-order valence-electron chi connectivity index (χ1n) is 8.85. The second-order valence-electron chi connectivity index (χ2n) is 6.79. The van der Waals surface area contributed by atoms with E-state index in [0.717, 1.165) is 6.07 Å². The molecule has 1 heterocycles. The lowest BCUT2D eigenvalue weighted by Gasteiger charge is -2.31. The maximum atomic E-state index is 14.1. The number of hydrogen-bond donors (Lipinski definition) is 2. The van der Waals surface area contributed by atoms with Crippen LogP contribution in [0.5, 0.6) is 0 Å². The summed E-state index contributed by atoms with van der Waals surface area (Å²) in [6.07, 6.45) is -5.18. The van der Waals surface area contributed by atoms with Crippen molar-refractivity contribution in [3.05, 3.63) is 64.8 Å². The van der Waals surface area contributed by atoms with E-state index in [1.54, 1.807) is 6.07 Å². The molecular weight excluding hydrogens is 488 g/mol. The summed E-state index contributed by atoms with van der Waals surface area (Å²) in [7, 11) is 0. The normalized spacial score (nSPS) is 12.9. The number of carbonyl (C=O) groups is 2. The van der Waals surface area contributed by atoms with Crippen LogP contribution in [0, 0.1) is 0 Å². The first-order chi connectivity index (χ1) is 15.2. The van der Waals surface area contributed by atoms with Gasteiger partial charge in [-0.05, 0) is 18.2 Å². The van der Waals surface area contributed by atoms with Crippen LogP contribution in [0.2, 0.25) is 5.02 Å². The number of anilines is 1. The molecule has 3 rings (SSSR count). The first-order valence-corrected chi connectivity index (χ1v) is 9.23. The lowest BCUT2D eigenvalue weighted by molar-refractivity contribution is -0.326. The van der Waals surface area contributed by atoms with Crippen LogP contribution in [-0.4, -0.2) is 40.9 Å². The molecule has 1 amide bonds. The van der Waals surface area contributed by atoms with E-state index in [0.29, 0.717) is 0 Å². The lowest BCUT2D eigenvalue weighted by atomic mass is 10.0. The molecule has 0 aliphatic heterocycles. The quantitative estimate of drug-likeness (QED) is 0.303. The van der Waals surface area contributed by atoms with Gasteiger partial charge in [-0.15, -0.1) is 0 Å². The van der Waals surface area contributed by atoms with Crippen LogP contribution in [0.4, 0.5) is 40.8 Å². The highest BCUT2D eigenvalue weighted by Gasteiger charge is 2.78. The monoisotopic (exact) mass is 498 g/mol. The molecule has 0 unspecified atom stereocenters. The number of H-pyrrole nitrogens is 1. The topological polar surface area (TPSA) is 62.0 Å². The Labute approximate surface area is 184 Å². The molecule has 0 spiro atoms. The van der Waals surface area contributed by atoms with E-state index < -0.39 is 47.3 Å².